The van der Waals surface area contributed by atoms with Gasteiger partial charge in [0.25, 0.3) is 0 Å². The minimum atomic E-state index is 0.212. The highest BCUT2D eigenvalue weighted by Gasteiger charge is 2.27. The van der Waals surface area contributed by atoms with Gasteiger partial charge in [-0.2, -0.15) is 0 Å². The van der Waals surface area contributed by atoms with E-state index in [9.17, 15) is 4.79 Å². The van der Waals surface area contributed by atoms with Crippen molar-refractivity contribution in [1.29, 1.82) is 0 Å². The van der Waals surface area contributed by atoms with E-state index in [4.69, 9.17) is 0 Å². The molecular weight excluding hydrogens is 316 g/mol. The van der Waals surface area contributed by atoms with Crippen molar-refractivity contribution < 1.29 is 9.69 Å². The van der Waals surface area contributed by atoms with Gasteiger partial charge < -0.3 is 10.2 Å². The molecule has 0 atom stereocenters. The van der Waals surface area contributed by atoms with Crippen LogP contribution in [0.3, 0.4) is 0 Å². The first kappa shape index (κ1) is 15.5. The molecule has 0 saturated carbocycles. The van der Waals surface area contributed by atoms with Crippen LogP contribution < -0.4 is 10.2 Å². The first-order valence-corrected chi connectivity index (χ1v) is 8.22. The molecule has 110 valence electrons. The van der Waals surface area contributed by atoms with E-state index < -0.39 is 0 Å². The fraction of sp³-hybridized carbons (Fsp3) is 0.562. The molecule has 2 rings (SSSR count). The first-order valence-electron chi connectivity index (χ1n) is 7.43. The molecule has 2 N–H and O–H groups in total. The smallest absolute Gasteiger partial charge is 0.223 e. The predicted octanol–water partition coefficient (Wildman–Crippen LogP) is 1.77. The van der Waals surface area contributed by atoms with Gasteiger partial charge in [-0.05, 0) is 26.0 Å². The quantitative estimate of drug-likeness (QED) is 0.861. The van der Waals surface area contributed by atoms with Gasteiger partial charge in [0.05, 0.1) is 13.1 Å². The Kier molecular flexibility index (Phi) is 5.61. The summed E-state index contributed by atoms with van der Waals surface area (Å²) in [7, 11) is 0. The van der Waals surface area contributed by atoms with Crippen LogP contribution in [0.2, 0.25) is 0 Å². The highest BCUT2D eigenvalue weighted by atomic mass is 79.9. The van der Waals surface area contributed by atoms with Crippen LogP contribution >= 0.6 is 15.9 Å². The van der Waals surface area contributed by atoms with Crippen molar-refractivity contribution in [3.63, 3.8) is 0 Å². The van der Waals surface area contributed by atoms with Crippen molar-refractivity contribution in [2.45, 2.75) is 39.3 Å². The molecule has 1 aliphatic heterocycles. The zero-order chi connectivity index (χ0) is 14.5. The maximum absolute atomic E-state index is 12.0. The Bertz CT molecular complexity index is 454. The summed E-state index contributed by atoms with van der Waals surface area (Å²) < 4.78 is 1.14. The van der Waals surface area contributed by atoms with Crippen LogP contribution in [0.4, 0.5) is 0 Å². The van der Waals surface area contributed by atoms with Gasteiger partial charge in [-0.1, -0.05) is 28.1 Å². The van der Waals surface area contributed by atoms with E-state index in [2.05, 4.69) is 45.5 Å². The number of hydrogen-bond donors (Lipinski definition) is 2. The van der Waals surface area contributed by atoms with Crippen LogP contribution in [0.25, 0.3) is 0 Å². The molecule has 0 aliphatic carbocycles. The van der Waals surface area contributed by atoms with E-state index >= 15 is 0 Å². The maximum Gasteiger partial charge on any atom is 0.223 e. The van der Waals surface area contributed by atoms with E-state index in [1.807, 2.05) is 13.8 Å². The van der Waals surface area contributed by atoms with Crippen LogP contribution in [-0.2, 0) is 11.3 Å². The zero-order valence-electron chi connectivity index (χ0n) is 12.3. The second-order valence-electron chi connectivity index (χ2n) is 5.99. The molecule has 3 nitrogen and oxygen atoms in total. The summed E-state index contributed by atoms with van der Waals surface area (Å²) in [6, 6.07) is 8.75. The summed E-state index contributed by atoms with van der Waals surface area (Å²) >= 11 is 3.52. The lowest BCUT2D eigenvalue weighted by atomic mass is 9.95. The van der Waals surface area contributed by atoms with Crippen molar-refractivity contribution in [3.05, 3.63) is 34.3 Å². The van der Waals surface area contributed by atoms with Crippen molar-refractivity contribution in [2.24, 2.45) is 5.92 Å². The number of nitrogens with one attached hydrogen (secondary N) is 2. The van der Waals surface area contributed by atoms with Gasteiger partial charge >= 0.3 is 0 Å². The Balaban J connectivity index is 1.81. The summed E-state index contributed by atoms with van der Waals surface area (Å²) in [5, 5.41) is 3.03. The molecule has 1 aromatic carbocycles. The molecule has 1 aromatic rings. The van der Waals surface area contributed by atoms with Crippen LogP contribution in [0, 0.1) is 5.92 Å². The van der Waals surface area contributed by atoms with Gasteiger partial charge in [0, 0.05) is 34.8 Å². The van der Waals surface area contributed by atoms with E-state index in [0.29, 0.717) is 0 Å². The van der Waals surface area contributed by atoms with Gasteiger partial charge in [-0.15, -0.1) is 0 Å². The molecule has 1 heterocycles. The first-order chi connectivity index (χ1) is 9.54. The summed E-state index contributed by atoms with van der Waals surface area (Å²) in [6.07, 6.45) is 2.00. The monoisotopic (exact) mass is 339 g/mol. The van der Waals surface area contributed by atoms with Crippen LogP contribution in [0.5, 0.6) is 0 Å². The van der Waals surface area contributed by atoms with Gasteiger partial charge in [-0.3, -0.25) is 4.79 Å². The number of halogens is 1. The number of carbonyl (C=O) groups excluding carboxylic acids is 1. The normalized spacial score (nSPS) is 22.8. The van der Waals surface area contributed by atoms with Gasteiger partial charge in [-0.25, -0.2) is 0 Å². The van der Waals surface area contributed by atoms with E-state index in [0.717, 1.165) is 36.9 Å². The van der Waals surface area contributed by atoms with Crippen LogP contribution in [0.1, 0.15) is 32.3 Å². The van der Waals surface area contributed by atoms with Crippen molar-refractivity contribution in [2.75, 3.05) is 13.1 Å². The summed E-state index contributed by atoms with van der Waals surface area (Å²) in [4.78, 5) is 13.6. The highest BCUT2D eigenvalue weighted by Crippen LogP contribution is 2.13. The van der Waals surface area contributed by atoms with Gasteiger partial charge in [0.2, 0.25) is 5.91 Å². The Morgan fingerprint density at radius 1 is 1.40 bits per heavy atom. The number of amides is 1. The molecule has 1 amide bonds. The van der Waals surface area contributed by atoms with Gasteiger partial charge in [0.1, 0.15) is 6.54 Å². The summed E-state index contributed by atoms with van der Waals surface area (Å²) in [5.74, 6) is 0.449. The lowest BCUT2D eigenvalue weighted by molar-refractivity contribution is -0.919. The van der Waals surface area contributed by atoms with Gasteiger partial charge in [0.15, 0.2) is 0 Å². The summed E-state index contributed by atoms with van der Waals surface area (Å²) in [6.45, 7) is 7.26. The molecule has 0 unspecified atom stereocenters. The number of quaternary nitrogens is 1. The van der Waals surface area contributed by atoms with E-state index in [1.54, 1.807) is 4.90 Å². The number of hydrogen-bond acceptors (Lipinski definition) is 1. The number of likely N-dealkylation sites (tertiary alicyclic amines) is 1. The number of piperidine rings is 1. The zero-order valence-corrected chi connectivity index (χ0v) is 13.9. The average Bonchev–Trinajstić information content (AvgIpc) is 2.38. The predicted molar refractivity (Wildman–Crippen MR) is 84.5 cm³/mol. The highest BCUT2D eigenvalue weighted by molar-refractivity contribution is 9.10. The fourth-order valence-electron chi connectivity index (χ4n) is 2.80. The third-order valence-corrected chi connectivity index (χ3v) is 4.33. The molecule has 0 radical (unpaired) electrons. The lowest BCUT2D eigenvalue weighted by Gasteiger charge is -2.29. The number of carbonyl (C=O) groups is 1. The molecule has 0 bridgehead atoms. The molecule has 0 aromatic heterocycles. The molecule has 20 heavy (non-hydrogen) atoms. The van der Waals surface area contributed by atoms with Crippen molar-refractivity contribution >= 4 is 21.8 Å². The van der Waals surface area contributed by atoms with E-state index in [1.165, 1.54) is 5.56 Å². The standard InChI is InChI=1S/C16H23BrN2O/c1-12(2)18-16(20)14-6-8-19(9-7-14)11-13-4-3-5-15(17)10-13/h3-5,10,12,14H,6-9,11H2,1-2H3,(H,18,20)/p+1. The Hall–Kier alpha value is -0.870. The van der Waals surface area contributed by atoms with Crippen LogP contribution in [-0.4, -0.2) is 25.0 Å². The molecule has 1 aliphatic rings. The second kappa shape index (κ2) is 7.23. The minimum Gasteiger partial charge on any atom is -0.354 e. The largest absolute Gasteiger partial charge is 0.354 e. The minimum absolute atomic E-state index is 0.212. The third-order valence-electron chi connectivity index (χ3n) is 3.84. The number of benzene rings is 1. The Morgan fingerprint density at radius 3 is 2.70 bits per heavy atom. The Morgan fingerprint density at radius 2 is 2.10 bits per heavy atom. The number of rotatable bonds is 4. The lowest BCUT2D eigenvalue weighted by Crippen LogP contribution is -3.11. The third kappa shape index (κ3) is 4.60. The molecular formula is C16H24BrN2O+. The molecule has 4 heteroatoms. The van der Waals surface area contributed by atoms with Crippen LogP contribution in [0.15, 0.2) is 28.7 Å². The SMILES string of the molecule is CC(C)NC(=O)C1CC[NH+](Cc2cccc(Br)c2)CC1. The van der Waals surface area contributed by atoms with Crippen molar-refractivity contribution in [1.82, 2.24) is 5.32 Å². The average molecular weight is 340 g/mol. The van der Waals surface area contributed by atoms with Crippen molar-refractivity contribution in [3.8, 4) is 0 Å². The van der Waals surface area contributed by atoms with E-state index in [-0.39, 0.29) is 17.9 Å². The fourth-order valence-corrected chi connectivity index (χ4v) is 3.25. The topological polar surface area (TPSA) is 33.5 Å². The second-order valence-corrected chi connectivity index (χ2v) is 6.91. The Labute approximate surface area is 129 Å². The molecule has 1 saturated heterocycles. The summed E-state index contributed by atoms with van der Waals surface area (Å²) in [5.41, 5.74) is 1.36. The molecule has 1 fully saturated rings. The molecule has 0 spiro atoms. The maximum atomic E-state index is 12.0.